The number of alkyl halides is 1. The van der Waals surface area contributed by atoms with Gasteiger partial charge in [0.2, 0.25) is 4.95 Å². The molecular formula is C18H16BrClN2O4. The molecular weight excluding hydrogens is 424 g/mol. The molecule has 0 spiro atoms. The van der Waals surface area contributed by atoms with Crippen molar-refractivity contribution in [1.82, 2.24) is 0 Å². The lowest BCUT2D eigenvalue weighted by molar-refractivity contribution is -0.142. The van der Waals surface area contributed by atoms with Crippen LogP contribution < -0.4 is 4.74 Å². The highest BCUT2D eigenvalue weighted by atomic mass is 79.9. The summed E-state index contributed by atoms with van der Waals surface area (Å²) in [6.45, 7) is 1.93. The molecule has 0 saturated carbocycles. The van der Waals surface area contributed by atoms with E-state index in [9.17, 15) is 9.59 Å². The second-order valence-electron chi connectivity index (χ2n) is 5.02. The molecule has 0 aliphatic carbocycles. The molecule has 2 aromatic rings. The predicted octanol–water partition coefficient (Wildman–Crippen LogP) is 4.95. The van der Waals surface area contributed by atoms with Crippen molar-refractivity contribution in [3.63, 3.8) is 0 Å². The first-order valence-electron chi connectivity index (χ1n) is 7.66. The number of hydrogen-bond acceptors (Lipinski definition) is 6. The molecule has 0 fully saturated rings. The summed E-state index contributed by atoms with van der Waals surface area (Å²) in [4.78, 5) is 23.4. The molecule has 0 amide bonds. The Morgan fingerprint density at radius 1 is 1.19 bits per heavy atom. The van der Waals surface area contributed by atoms with Crippen molar-refractivity contribution in [3.05, 3.63) is 58.6 Å². The lowest BCUT2D eigenvalue weighted by Crippen LogP contribution is -2.14. The number of hydrogen-bond donors (Lipinski definition) is 0. The van der Waals surface area contributed by atoms with Crippen LogP contribution in [-0.4, -0.2) is 30.4 Å². The largest absolute Gasteiger partial charge is 0.497 e. The van der Waals surface area contributed by atoms with Crippen molar-refractivity contribution < 1.29 is 19.1 Å². The summed E-state index contributed by atoms with van der Waals surface area (Å²) in [5, 5.41) is 8.25. The Hall–Kier alpha value is -2.25. The molecule has 0 bridgehead atoms. The summed E-state index contributed by atoms with van der Waals surface area (Å²) in [6, 6.07) is 11.3. The highest BCUT2D eigenvalue weighted by molar-refractivity contribution is 9.10. The Morgan fingerprint density at radius 3 is 2.50 bits per heavy atom. The standard InChI is InChI=1S/C18H16BrClN2O4/c1-3-26-18(24)17(19)22-21-15-9-6-12(20)10-14(15)16(23)11-4-7-13(25-2)8-5-11/h4-10,17H,3H2,1-2H3. The number of ketones is 1. The number of nitrogens with zero attached hydrogens (tertiary/aromatic N) is 2. The first kappa shape index (κ1) is 20.1. The van der Waals surface area contributed by atoms with E-state index in [4.69, 9.17) is 21.1 Å². The number of carbonyl (C=O) groups is 2. The Kier molecular flexibility index (Phi) is 7.29. The van der Waals surface area contributed by atoms with Crippen LogP contribution >= 0.6 is 27.5 Å². The molecule has 0 radical (unpaired) electrons. The van der Waals surface area contributed by atoms with Gasteiger partial charge < -0.3 is 9.47 Å². The normalized spacial score (nSPS) is 12.0. The fraction of sp³-hybridized carbons (Fsp3) is 0.222. The maximum atomic E-state index is 12.8. The summed E-state index contributed by atoms with van der Waals surface area (Å²) in [7, 11) is 1.55. The number of esters is 1. The van der Waals surface area contributed by atoms with Crippen LogP contribution in [0.25, 0.3) is 0 Å². The van der Waals surface area contributed by atoms with Gasteiger partial charge in [-0.15, -0.1) is 0 Å². The molecule has 1 atom stereocenters. The van der Waals surface area contributed by atoms with Crippen molar-refractivity contribution in [2.75, 3.05) is 13.7 Å². The van der Waals surface area contributed by atoms with Crippen LogP contribution in [0.15, 0.2) is 52.7 Å². The van der Waals surface area contributed by atoms with Crippen molar-refractivity contribution in [2.24, 2.45) is 10.2 Å². The SMILES string of the molecule is CCOC(=O)C(Br)N=Nc1ccc(Cl)cc1C(=O)c1ccc(OC)cc1. The fourth-order valence-electron chi connectivity index (χ4n) is 2.05. The monoisotopic (exact) mass is 438 g/mol. The van der Waals surface area contributed by atoms with E-state index in [0.717, 1.165) is 0 Å². The van der Waals surface area contributed by atoms with Crippen molar-refractivity contribution in [2.45, 2.75) is 11.9 Å². The number of benzene rings is 2. The van der Waals surface area contributed by atoms with E-state index in [1.54, 1.807) is 50.4 Å². The summed E-state index contributed by atoms with van der Waals surface area (Å²) >= 11 is 9.10. The Morgan fingerprint density at radius 2 is 1.88 bits per heavy atom. The maximum Gasteiger partial charge on any atom is 0.343 e. The molecule has 0 aliphatic heterocycles. The lowest BCUT2D eigenvalue weighted by Gasteiger charge is -2.07. The molecule has 0 N–H and O–H groups in total. The van der Waals surface area contributed by atoms with Crippen molar-refractivity contribution >= 4 is 45.0 Å². The average Bonchev–Trinajstić information content (AvgIpc) is 2.66. The van der Waals surface area contributed by atoms with Crippen LogP contribution in [0, 0.1) is 0 Å². The first-order valence-corrected chi connectivity index (χ1v) is 8.95. The topological polar surface area (TPSA) is 77.3 Å². The van der Waals surface area contributed by atoms with Gasteiger partial charge in [0.1, 0.15) is 5.75 Å². The molecule has 26 heavy (non-hydrogen) atoms. The summed E-state index contributed by atoms with van der Waals surface area (Å²) in [5.74, 6) is -0.191. The minimum Gasteiger partial charge on any atom is -0.497 e. The zero-order valence-electron chi connectivity index (χ0n) is 14.1. The van der Waals surface area contributed by atoms with E-state index < -0.39 is 10.9 Å². The van der Waals surface area contributed by atoms with Gasteiger partial charge in [-0.2, -0.15) is 10.2 Å². The van der Waals surface area contributed by atoms with Crippen LogP contribution in [0.2, 0.25) is 5.02 Å². The van der Waals surface area contributed by atoms with Gasteiger partial charge in [-0.05, 0) is 65.3 Å². The van der Waals surface area contributed by atoms with E-state index >= 15 is 0 Å². The quantitative estimate of drug-likeness (QED) is 0.201. The number of ether oxygens (including phenoxy) is 2. The Labute approximate surface area is 164 Å². The lowest BCUT2D eigenvalue weighted by atomic mass is 10.0. The number of azo groups is 1. The van der Waals surface area contributed by atoms with Gasteiger partial charge in [0.15, 0.2) is 5.78 Å². The second kappa shape index (κ2) is 9.45. The number of rotatable bonds is 7. The smallest absolute Gasteiger partial charge is 0.343 e. The van der Waals surface area contributed by atoms with Crippen LogP contribution in [0.5, 0.6) is 5.75 Å². The molecule has 2 aromatic carbocycles. The molecule has 8 heteroatoms. The summed E-state index contributed by atoms with van der Waals surface area (Å²) in [5.41, 5.74) is 1.02. The van der Waals surface area contributed by atoms with Gasteiger partial charge in [0.25, 0.3) is 0 Å². The molecule has 0 aromatic heterocycles. The van der Waals surface area contributed by atoms with Crippen molar-refractivity contribution in [3.8, 4) is 5.75 Å². The van der Waals surface area contributed by atoms with Gasteiger partial charge >= 0.3 is 5.97 Å². The second-order valence-corrected chi connectivity index (χ2v) is 6.33. The van der Waals surface area contributed by atoms with E-state index in [1.165, 1.54) is 6.07 Å². The van der Waals surface area contributed by atoms with Crippen LogP contribution in [0.3, 0.4) is 0 Å². The number of carbonyl (C=O) groups excluding carboxylic acids is 2. The third-order valence-corrected chi connectivity index (χ3v) is 4.10. The highest BCUT2D eigenvalue weighted by Crippen LogP contribution is 2.27. The van der Waals surface area contributed by atoms with Crippen LogP contribution in [0.1, 0.15) is 22.8 Å². The van der Waals surface area contributed by atoms with Crippen LogP contribution in [-0.2, 0) is 9.53 Å². The highest BCUT2D eigenvalue weighted by Gasteiger charge is 2.17. The third-order valence-electron chi connectivity index (χ3n) is 3.30. The molecule has 0 saturated heterocycles. The van der Waals surface area contributed by atoms with E-state index in [-0.39, 0.29) is 18.0 Å². The molecule has 0 heterocycles. The molecule has 1 unspecified atom stereocenters. The summed E-state index contributed by atoms with van der Waals surface area (Å²) in [6.07, 6.45) is 0. The summed E-state index contributed by atoms with van der Waals surface area (Å²) < 4.78 is 9.93. The number of halogens is 2. The van der Waals surface area contributed by atoms with E-state index in [1.807, 2.05) is 0 Å². The maximum absolute atomic E-state index is 12.8. The number of methoxy groups -OCH3 is 1. The van der Waals surface area contributed by atoms with E-state index in [0.29, 0.717) is 22.0 Å². The van der Waals surface area contributed by atoms with Gasteiger partial charge in [-0.3, -0.25) is 4.79 Å². The molecule has 136 valence electrons. The zero-order valence-corrected chi connectivity index (χ0v) is 16.5. The van der Waals surface area contributed by atoms with Gasteiger partial charge in [0, 0.05) is 10.6 Å². The third kappa shape index (κ3) is 5.12. The van der Waals surface area contributed by atoms with Crippen molar-refractivity contribution in [1.29, 1.82) is 0 Å². The van der Waals surface area contributed by atoms with Gasteiger partial charge in [-0.25, -0.2) is 4.79 Å². The molecule has 6 nitrogen and oxygen atoms in total. The Balaban J connectivity index is 2.31. The minimum absolute atomic E-state index is 0.235. The van der Waals surface area contributed by atoms with Gasteiger partial charge in [0.05, 0.1) is 25.0 Å². The predicted molar refractivity (Wildman–Crippen MR) is 102 cm³/mol. The average molecular weight is 440 g/mol. The first-order chi connectivity index (χ1) is 12.5. The minimum atomic E-state index is -0.956. The Bertz CT molecular complexity index is 824. The molecule has 0 aliphatic rings. The fourth-order valence-corrected chi connectivity index (χ4v) is 2.44. The van der Waals surface area contributed by atoms with Gasteiger partial charge in [-0.1, -0.05) is 11.6 Å². The molecule has 2 rings (SSSR count). The van der Waals surface area contributed by atoms with Crippen LogP contribution in [0.4, 0.5) is 5.69 Å². The zero-order chi connectivity index (χ0) is 19.1. The van der Waals surface area contributed by atoms with E-state index in [2.05, 4.69) is 26.2 Å².